The number of carbonyl (C=O) groups excluding carboxylic acids is 1. The van der Waals surface area contributed by atoms with Crippen LogP contribution in [0.4, 0.5) is 15.8 Å². The van der Waals surface area contributed by atoms with Crippen LogP contribution in [-0.4, -0.2) is 19.0 Å². The van der Waals surface area contributed by atoms with Crippen LogP contribution in [0, 0.1) is 11.7 Å². The highest BCUT2D eigenvalue weighted by Crippen LogP contribution is 2.31. The second-order valence-electron chi connectivity index (χ2n) is 5.12. The van der Waals surface area contributed by atoms with Crippen LogP contribution in [0.15, 0.2) is 18.2 Å². The number of nitrogens with one attached hydrogen (secondary N) is 1. The van der Waals surface area contributed by atoms with E-state index >= 15 is 0 Å². The van der Waals surface area contributed by atoms with Gasteiger partial charge in [-0.15, -0.1) is 0 Å². The maximum atomic E-state index is 13.7. The van der Waals surface area contributed by atoms with Crippen molar-refractivity contribution in [1.82, 2.24) is 0 Å². The molecule has 0 atom stereocenters. The molecule has 2 aliphatic rings. The third-order valence-electron chi connectivity index (χ3n) is 3.63. The van der Waals surface area contributed by atoms with E-state index < -0.39 is 0 Å². The summed E-state index contributed by atoms with van der Waals surface area (Å²) >= 11 is 0. The summed E-state index contributed by atoms with van der Waals surface area (Å²) in [7, 11) is 0. The predicted molar refractivity (Wildman–Crippen MR) is 69.2 cm³/mol. The van der Waals surface area contributed by atoms with Crippen molar-refractivity contribution in [3.63, 3.8) is 0 Å². The fourth-order valence-corrected chi connectivity index (χ4v) is 2.36. The zero-order chi connectivity index (χ0) is 12.5. The van der Waals surface area contributed by atoms with Gasteiger partial charge in [-0.2, -0.15) is 0 Å². The van der Waals surface area contributed by atoms with Gasteiger partial charge < -0.3 is 10.2 Å². The van der Waals surface area contributed by atoms with Crippen LogP contribution in [0.25, 0.3) is 0 Å². The van der Waals surface area contributed by atoms with Gasteiger partial charge in [0.15, 0.2) is 0 Å². The molecule has 0 spiro atoms. The first-order chi connectivity index (χ1) is 8.74. The van der Waals surface area contributed by atoms with Gasteiger partial charge >= 0.3 is 0 Å². The van der Waals surface area contributed by atoms with Crippen molar-refractivity contribution in [1.29, 1.82) is 0 Å². The number of halogens is 1. The molecule has 96 valence electrons. The number of hydrogen-bond acceptors (Lipinski definition) is 2. The van der Waals surface area contributed by atoms with E-state index in [1.807, 2.05) is 0 Å². The SMILES string of the molecule is O=C(Nc1cc(N2CCCC2)ccc1F)C1CC1. The molecule has 1 aliphatic heterocycles. The lowest BCUT2D eigenvalue weighted by Crippen LogP contribution is -2.19. The minimum atomic E-state index is -0.355. The molecule has 3 rings (SSSR count). The third-order valence-corrected chi connectivity index (χ3v) is 3.63. The number of carbonyl (C=O) groups is 1. The molecule has 18 heavy (non-hydrogen) atoms. The third kappa shape index (κ3) is 2.33. The van der Waals surface area contributed by atoms with E-state index in [0.717, 1.165) is 31.6 Å². The van der Waals surface area contributed by atoms with Crippen molar-refractivity contribution in [2.45, 2.75) is 25.7 Å². The number of anilines is 2. The fraction of sp³-hybridized carbons (Fsp3) is 0.500. The number of benzene rings is 1. The molecule has 0 bridgehead atoms. The average Bonchev–Trinajstić information content (AvgIpc) is 3.08. The van der Waals surface area contributed by atoms with Crippen molar-refractivity contribution in [2.75, 3.05) is 23.3 Å². The molecular formula is C14H17FN2O. The number of rotatable bonds is 3. The van der Waals surface area contributed by atoms with E-state index in [-0.39, 0.29) is 17.6 Å². The summed E-state index contributed by atoms with van der Waals surface area (Å²) in [5.74, 6) is -0.306. The molecular weight excluding hydrogens is 231 g/mol. The number of hydrogen-bond donors (Lipinski definition) is 1. The first-order valence-corrected chi connectivity index (χ1v) is 6.59. The Balaban J connectivity index is 1.78. The largest absolute Gasteiger partial charge is 0.371 e. The van der Waals surface area contributed by atoms with Gasteiger partial charge in [0.05, 0.1) is 5.69 Å². The topological polar surface area (TPSA) is 32.3 Å². The summed E-state index contributed by atoms with van der Waals surface area (Å²) in [6.45, 7) is 2.03. The Morgan fingerprint density at radius 2 is 2.00 bits per heavy atom. The van der Waals surface area contributed by atoms with Crippen LogP contribution in [-0.2, 0) is 4.79 Å². The zero-order valence-corrected chi connectivity index (χ0v) is 10.3. The summed E-state index contributed by atoms with van der Waals surface area (Å²) in [6, 6.07) is 4.98. The van der Waals surface area contributed by atoms with Gasteiger partial charge in [0, 0.05) is 24.7 Å². The minimum Gasteiger partial charge on any atom is -0.371 e. The van der Waals surface area contributed by atoms with Crippen molar-refractivity contribution in [3.05, 3.63) is 24.0 Å². The molecule has 1 heterocycles. The Kier molecular flexibility index (Phi) is 2.94. The molecule has 1 aliphatic carbocycles. The monoisotopic (exact) mass is 248 g/mol. The van der Waals surface area contributed by atoms with E-state index in [4.69, 9.17) is 0 Å². The molecule has 1 amide bonds. The lowest BCUT2D eigenvalue weighted by Gasteiger charge is -2.18. The molecule has 0 aromatic heterocycles. The minimum absolute atomic E-state index is 0.0486. The Labute approximate surface area is 106 Å². The van der Waals surface area contributed by atoms with Gasteiger partial charge in [0.1, 0.15) is 5.82 Å². The van der Waals surface area contributed by atoms with E-state index in [9.17, 15) is 9.18 Å². The summed E-state index contributed by atoms with van der Waals surface area (Å²) < 4.78 is 13.7. The Morgan fingerprint density at radius 3 is 2.67 bits per heavy atom. The second-order valence-corrected chi connectivity index (χ2v) is 5.12. The van der Waals surface area contributed by atoms with E-state index in [1.54, 1.807) is 12.1 Å². The number of nitrogens with zero attached hydrogens (tertiary/aromatic N) is 1. The lowest BCUT2D eigenvalue weighted by molar-refractivity contribution is -0.117. The van der Waals surface area contributed by atoms with E-state index in [2.05, 4.69) is 10.2 Å². The van der Waals surface area contributed by atoms with Crippen LogP contribution in [0.2, 0.25) is 0 Å². The van der Waals surface area contributed by atoms with Crippen LogP contribution < -0.4 is 10.2 Å². The molecule has 1 aromatic carbocycles. The quantitative estimate of drug-likeness (QED) is 0.892. The highest BCUT2D eigenvalue weighted by molar-refractivity contribution is 5.94. The van der Waals surface area contributed by atoms with Crippen LogP contribution in [0.5, 0.6) is 0 Å². The molecule has 1 N–H and O–H groups in total. The highest BCUT2D eigenvalue weighted by Gasteiger charge is 2.30. The summed E-state index contributed by atoms with van der Waals surface area (Å²) in [5, 5.41) is 2.70. The molecule has 3 nitrogen and oxygen atoms in total. The Morgan fingerprint density at radius 1 is 1.28 bits per heavy atom. The van der Waals surface area contributed by atoms with E-state index in [0.29, 0.717) is 5.69 Å². The Hall–Kier alpha value is -1.58. The summed E-state index contributed by atoms with van der Waals surface area (Å²) in [5.41, 5.74) is 1.32. The molecule has 4 heteroatoms. The van der Waals surface area contributed by atoms with Crippen LogP contribution in [0.3, 0.4) is 0 Å². The second kappa shape index (κ2) is 4.59. The Bertz CT molecular complexity index is 465. The zero-order valence-electron chi connectivity index (χ0n) is 10.3. The van der Waals surface area contributed by atoms with Gasteiger partial charge in [-0.05, 0) is 43.9 Å². The lowest BCUT2D eigenvalue weighted by atomic mass is 10.2. The molecule has 1 saturated heterocycles. The van der Waals surface area contributed by atoms with Crippen molar-refractivity contribution < 1.29 is 9.18 Å². The fourth-order valence-electron chi connectivity index (χ4n) is 2.36. The van der Waals surface area contributed by atoms with Gasteiger partial charge in [-0.3, -0.25) is 4.79 Å². The van der Waals surface area contributed by atoms with Crippen molar-refractivity contribution in [3.8, 4) is 0 Å². The first kappa shape index (κ1) is 11.5. The smallest absolute Gasteiger partial charge is 0.227 e. The van der Waals surface area contributed by atoms with E-state index in [1.165, 1.54) is 18.9 Å². The first-order valence-electron chi connectivity index (χ1n) is 6.59. The summed E-state index contributed by atoms with van der Waals surface area (Å²) in [4.78, 5) is 13.9. The van der Waals surface area contributed by atoms with Crippen molar-refractivity contribution >= 4 is 17.3 Å². The van der Waals surface area contributed by atoms with Crippen LogP contribution in [0.1, 0.15) is 25.7 Å². The average molecular weight is 248 g/mol. The normalized spacial score (nSPS) is 19.1. The highest BCUT2D eigenvalue weighted by atomic mass is 19.1. The molecule has 0 radical (unpaired) electrons. The molecule has 0 unspecified atom stereocenters. The van der Waals surface area contributed by atoms with Crippen molar-refractivity contribution in [2.24, 2.45) is 5.92 Å². The van der Waals surface area contributed by atoms with Gasteiger partial charge in [-0.25, -0.2) is 4.39 Å². The van der Waals surface area contributed by atoms with Crippen LogP contribution >= 0.6 is 0 Å². The van der Waals surface area contributed by atoms with Gasteiger partial charge in [0.25, 0.3) is 0 Å². The molecule has 2 fully saturated rings. The molecule has 1 saturated carbocycles. The van der Waals surface area contributed by atoms with Gasteiger partial charge in [-0.1, -0.05) is 0 Å². The number of amides is 1. The van der Waals surface area contributed by atoms with Gasteiger partial charge in [0.2, 0.25) is 5.91 Å². The predicted octanol–water partition coefficient (Wildman–Crippen LogP) is 2.77. The maximum absolute atomic E-state index is 13.7. The standard InChI is InChI=1S/C14H17FN2O/c15-12-6-5-11(17-7-1-2-8-17)9-13(12)16-14(18)10-3-4-10/h5-6,9-10H,1-4,7-8H2,(H,16,18). The summed E-state index contributed by atoms with van der Waals surface area (Å²) in [6.07, 6.45) is 4.22. The maximum Gasteiger partial charge on any atom is 0.227 e. The molecule has 1 aromatic rings.